The van der Waals surface area contributed by atoms with Crippen molar-refractivity contribution in [3.05, 3.63) is 6.92 Å². The fraction of sp³-hybridized carbons (Fsp3) is 0.714. The van der Waals surface area contributed by atoms with Gasteiger partial charge in [0.05, 0.1) is 20.6 Å². The van der Waals surface area contributed by atoms with Gasteiger partial charge in [0.15, 0.2) is 0 Å². The van der Waals surface area contributed by atoms with E-state index >= 15 is 0 Å². The summed E-state index contributed by atoms with van der Waals surface area (Å²) in [5.74, 6) is 0. The van der Waals surface area contributed by atoms with Gasteiger partial charge in [0.2, 0.25) is 0 Å². The van der Waals surface area contributed by atoms with E-state index in [1.807, 2.05) is 14.1 Å². The molecular formula is C7H15NO+. The van der Waals surface area contributed by atoms with Crippen LogP contribution in [0, 0.1) is 6.92 Å². The number of hydrogen-bond donors (Lipinski definition) is 0. The summed E-state index contributed by atoms with van der Waals surface area (Å²) in [6.45, 7) is 4.59. The summed E-state index contributed by atoms with van der Waals surface area (Å²) in [5.41, 5.74) is 0. The van der Waals surface area contributed by atoms with Gasteiger partial charge in [-0.3, -0.25) is 4.48 Å². The highest BCUT2D eigenvalue weighted by Gasteiger charge is 2.10. The lowest BCUT2D eigenvalue weighted by Gasteiger charge is -2.20. The normalized spacial score (nSPS) is 11.4. The summed E-state index contributed by atoms with van der Waals surface area (Å²) in [4.78, 5) is 10.3. The summed E-state index contributed by atoms with van der Waals surface area (Å²) in [6, 6.07) is 0. The minimum Gasteiger partial charge on any atom is -0.268 e. The van der Waals surface area contributed by atoms with Gasteiger partial charge in [0.25, 0.3) is 0 Å². The fourth-order valence-corrected chi connectivity index (χ4v) is 0.572. The standard InChI is InChI=1S/C7H15NO/c1-4-5-6-8(2,3)7-9/h7H,1,4-6H2,2-3H3/q+1. The molecule has 0 aromatic rings. The Hall–Kier alpha value is -0.370. The molecule has 0 aliphatic rings. The Morgan fingerprint density at radius 3 is 2.44 bits per heavy atom. The number of quaternary nitrogens is 1. The van der Waals surface area contributed by atoms with Crippen LogP contribution in [0.4, 0.5) is 0 Å². The number of carbonyl (C=O) groups is 1. The predicted octanol–water partition coefficient (Wildman–Crippen LogP) is 0.833. The third-order valence-corrected chi connectivity index (χ3v) is 1.27. The van der Waals surface area contributed by atoms with Gasteiger partial charge < -0.3 is 0 Å². The van der Waals surface area contributed by atoms with E-state index in [0.717, 1.165) is 25.8 Å². The van der Waals surface area contributed by atoms with Gasteiger partial charge in [-0.2, -0.15) is 0 Å². The SMILES string of the molecule is [CH2]CCC[N+](C)(C)C=O. The van der Waals surface area contributed by atoms with Gasteiger partial charge in [-0.05, 0) is 12.8 Å². The first-order chi connectivity index (χ1) is 4.12. The molecule has 0 rings (SSSR count). The number of hydrogen-bond acceptors (Lipinski definition) is 1. The maximum Gasteiger partial charge on any atom is 0.301 e. The van der Waals surface area contributed by atoms with E-state index in [-0.39, 0.29) is 0 Å². The van der Waals surface area contributed by atoms with Crippen LogP contribution in [-0.4, -0.2) is 31.5 Å². The van der Waals surface area contributed by atoms with E-state index in [1.54, 1.807) is 0 Å². The van der Waals surface area contributed by atoms with Crippen molar-refractivity contribution >= 4 is 6.41 Å². The Balaban J connectivity index is 3.45. The average Bonchev–Trinajstić information content (AvgIpc) is 1.84. The van der Waals surface area contributed by atoms with Crippen LogP contribution in [0.2, 0.25) is 0 Å². The van der Waals surface area contributed by atoms with Gasteiger partial charge in [-0.15, -0.1) is 0 Å². The van der Waals surface area contributed by atoms with Crippen LogP contribution in [-0.2, 0) is 4.79 Å². The molecule has 1 amide bonds. The van der Waals surface area contributed by atoms with Crippen LogP contribution in [0.25, 0.3) is 0 Å². The monoisotopic (exact) mass is 129 g/mol. The molecule has 9 heavy (non-hydrogen) atoms. The van der Waals surface area contributed by atoms with Crippen LogP contribution in [0.5, 0.6) is 0 Å². The molecule has 0 aliphatic heterocycles. The Labute approximate surface area is 57.1 Å². The second-order valence-corrected chi connectivity index (χ2v) is 2.81. The number of carbonyl (C=O) groups excluding carboxylic acids is 1. The lowest BCUT2D eigenvalue weighted by molar-refractivity contribution is -0.804. The molecule has 0 spiro atoms. The van der Waals surface area contributed by atoms with Crippen LogP contribution in [0.1, 0.15) is 12.8 Å². The van der Waals surface area contributed by atoms with Crippen molar-refractivity contribution in [1.29, 1.82) is 0 Å². The van der Waals surface area contributed by atoms with Gasteiger partial charge in [0, 0.05) is 0 Å². The van der Waals surface area contributed by atoms with Crippen LogP contribution >= 0.6 is 0 Å². The molecule has 0 bridgehead atoms. The van der Waals surface area contributed by atoms with Crippen LogP contribution in [0.15, 0.2) is 0 Å². The highest BCUT2D eigenvalue weighted by molar-refractivity contribution is 5.36. The largest absolute Gasteiger partial charge is 0.301 e. The Bertz CT molecular complexity index is 88.9. The Kier molecular flexibility index (Phi) is 3.47. The van der Waals surface area contributed by atoms with Gasteiger partial charge >= 0.3 is 6.41 Å². The molecule has 0 aromatic carbocycles. The van der Waals surface area contributed by atoms with E-state index in [4.69, 9.17) is 0 Å². The molecule has 0 saturated carbocycles. The summed E-state index contributed by atoms with van der Waals surface area (Å²) < 4.78 is 0.454. The minimum absolute atomic E-state index is 0.454. The molecule has 2 heteroatoms. The smallest absolute Gasteiger partial charge is 0.268 e. The van der Waals surface area contributed by atoms with Crippen LogP contribution in [0.3, 0.4) is 0 Å². The van der Waals surface area contributed by atoms with E-state index < -0.39 is 0 Å². The molecule has 1 radical (unpaired) electrons. The predicted molar refractivity (Wildman–Crippen MR) is 37.6 cm³/mol. The molecule has 0 aliphatic carbocycles. The zero-order valence-corrected chi connectivity index (χ0v) is 6.26. The first kappa shape index (κ1) is 8.63. The lowest BCUT2D eigenvalue weighted by Crippen LogP contribution is -2.38. The number of nitrogens with zero attached hydrogens (tertiary/aromatic N) is 1. The third-order valence-electron chi connectivity index (χ3n) is 1.27. The maximum absolute atomic E-state index is 10.3. The van der Waals surface area contributed by atoms with E-state index in [1.165, 1.54) is 0 Å². The second kappa shape index (κ2) is 3.62. The van der Waals surface area contributed by atoms with Crippen molar-refractivity contribution < 1.29 is 9.28 Å². The maximum atomic E-state index is 10.3. The minimum atomic E-state index is 0.454. The van der Waals surface area contributed by atoms with E-state index in [9.17, 15) is 4.79 Å². The average molecular weight is 129 g/mol. The molecular weight excluding hydrogens is 114 g/mol. The molecule has 0 fully saturated rings. The number of amides is 1. The first-order valence-corrected chi connectivity index (χ1v) is 3.20. The summed E-state index contributed by atoms with van der Waals surface area (Å²) in [5, 5.41) is 0. The number of rotatable bonds is 4. The van der Waals surface area contributed by atoms with Crippen molar-refractivity contribution in [2.24, 2.45) is 0 Å². The summed E-state index contributed by atoms with van der Waals surface area (Å²) in [7, 11) is 3.78. The topological polar surface area (TPSA) is 17.1 Å². The van der Waals surface area contributed by atoms with Gasteiger partial charge in [-0.25, -0.2) is 4.79 Å². The van der Waals surface area contributed by atoms with Crippen LogP contribution < -0.4 is 0 Å². The number of unbranched alkanes of at least 4 members (excludes halogenated alkanes) is 1. The highest BCUT2D eigenvalue weighted by Crippen LogP contribution is 1.95. The Morgan fingerprint density at radius 1 is 1.56 bits per heavy atom. The zero-order chi connectivity index (χ0) is 7.33. The summed E-state index contributed by atoms with van der Waals surface area (Å²) >= 11 is 0. The van der Waals surface area contributed by atoms with Crippen molar-refractivity contribution in [3.63, 3.8) is 0 Å². The molecule has 0 aromatic heterocycles. The Morgan fingerprint density at radius 2 is 2.11 bits per heavy atom. The third kappa shape index (κ3) is 4.15. The molecule has 2 nitrogen and oxygen atoms in total. The lowest BCUT2D eigenvalue weighted by atomic mass is 10.3. The van der Waals surface area contributed by atoms with Gasteiger partial charge in [-0.1, -0.05) is 6.92 Å². The second-order valence-electron chi connectivity index (χ2n) is 2.81. The summed E-state index contributed by atoms with van der Waals surface area (Å²) in [6.07, 6.45) is 2.89. The van der Waals surface area contributed by atoms with Crippen molar-refractivity contribution in [1.82, 2.24) is 0 Å². The molecule has 0 atom stereocenters. The fourth-order valence-electron chi connectivity index (χ4n) is 0.572. The molecule has 53 valence electrons. The van der Waals surface area contributed by atoms with E-state index in [2.05, 4.69) is 6.92 Å². The van der Waals surface area contributed by atoms with E-state index in [0.29, 0.717) is 4.48 Å². The first-order valence-electron chi connectivity index (χ1n) is 3.20. The highest BCUT2D eigenvalue weighted by atomic mass is 16.1. The van der Waals surface area contributed by atoms with Gasteiger partial charge in [0.1, 0.15) is 0 Å². The van der Waals surface area contributed by atoms with Crippen molar-refractivity contribution in [2.75, 3.05) is 20.6 Å². The quantitative estimate of drug-likeness (QED) is 0.406. The van der Waals surface area contributed by atoms with Crippen molar-refractivity contribution in [2.45, 2.75) is 12.8 Å². The van der Waals surface area contributed by atoms with Crippen molar-refractivity contribution in [3.8, 4) is 0 Å². The molecule has 0 saturated heterocycles. The molecule has 0 heterocycles. The zero-order valence-electron chi connectivity index (χ0n) is 6.26. The molecule has 0 N–H and O–H groups in total. The molecule has 0 unspecified atom stereocenters.